The molecule has 216 valence electrons. The van der Waals surface area contributed by atoms with Gasteiger partial charge in [0.25, 0.3) is 15.9 Å². The number of esters is 2. The average molecular weight is 608 g/mol. The van der Waals surface area contributed by atoms with E-state index in [0.29, 0.717) is 5.56 Å². The molecular weight excluding hydrogens is 582 g/mol. The third-order valence-electron chi connectivity index (χ3n) is 5.70. The van der Waals surface area contributed by atoms with Crippen molar-refractivity contribution < 1.29 is 36.0 Å². The zero-order valence-corrected chi connectivity index (χ0v) is 23.5. The molecule has 0 saturated carbocycles. The first-order valence-corrected chi connectivity index (χ1v) is 15.3. The van der Waals surface area contributed by atoms with E-state index >= 15 is 0 Å². The van der Waals surface area contributed by atoms with E-state index < -0.39 is 44.1 Å². The molecule has 0 heterocycles. The highest BCUT2D eigenvalue weighted by Crippen LogP contribution is 2.17. The first-order chi connectivity index (χ1) is 20.0. The molecule has 1 unspecified atom stereocenters. The summed E-state index contributed by atoms with van der Waals surface area (Å²) in [7, 11) is -8.21. The highest BCUT2D eigenvalue weighted by molar-refractivity contribution is 7.92. The Morgan fingerprint density at radius 3 is 1.69 bits per heavy atom. The molecule has 13 heteroatoms. The maximum absolute atomic E-state index is 13.0. The molecule has 4 aromatic carbocycles. The molecule has 1 atom stereocenters. The van der Waals surface area contributed by atoms with Gasteiger partial charge in [-0.2, -0.15) is 4.72 Å². The number of anilines is 1. The van der Waals surface area contributed by atoms with Gasteiger partial charge < -0.3 is 10.1 Å². The number of benzene rings is 4. The van der Waals surface area contributed by atoms with Crippen molar-refractivity contribution in [1.82, 2.24) is 10.0 Å². The molecule has 0 fully saturated rings. The molecule has 11 nitrogen and oxygen atoms in total. The van der Waals surface area contributed by atoms with Crippen molar-refractivity contribution >= 4 is 43.6 Å². The Balaban J connectivity index is 1.50. The second-order valence-electron chi connectivity index (χ2n) is 8.79. The molecule has 0 aliphatic heterocycles. The smallest absolute Gasteiger partial charge is 0.352 e. The zero-order valence-electron chi connectivity index (χ0n) is 21.8. The van der Waals surface area contributed by atoms with E-state index in [1.165, 1.54) is 60.7 Å². The Morgan fingerprint density at radius 1 is 0.643 bits per heavy atom. The fourth-order valence-corrected chi connectivity index (χ4v) is 5.84. The summed E-state index contributed by atoms with van der Waals surface area (Å²) >= 11 is 0. The first kappa shape index (κ1) is 30.1. The molecule has 0 aliphatic carbocycles. The SMILES string of the molecule is O=C(Cc1ccccc1)OC(=O)C(NC(=O)c1ccc(NS(=O)(=O)c2ccccc2)cc1)NS(=O)(=O)c1ccccc1. The lowest BCUT2D eigenvalue weighted by atomic mass is 10.2. The van der Waals surface area contributed by atoms with Crippen LogP contribution in [0.25, 0.3) is 0 Å². The Hall–Kier alpha value is -4.85. The first-order valence-electron chi connectivity index (χ1n) is 12.4. The second kappa shape index (κ2) is 13.2. The minimum absolute atomic E-state index is 0.0371. The number of nitrogens with one attached hydrogen (secondary N) is 3. The number of carbonyl (C=O) groups is 3. The lowest BCUT2D eigenvalue weighted by Gasteiger charge is -2.19. The van der Waals surface area contributed by atoms with Gasteiger partial charge in [0, 0.05) is 11.3 Å². The number of ether oxygens (including phenoxy) is 1. The van der Waals surface area contributed by atoms with Crippen molar-refractivity contribution in [3.05, 3.63) is 126 Å². The largest absolute Gasteiger partial charge is 0.390 e. The molecule has 0 radical (unpaired) electrons. The summed E-state index contributed by atoms with van der Waals surface area (Å²) in [4.78, 5) is 38.1. The van der Waals surface area contributed by atoms with Crippen LogP contribution in [0.3, 0.4) is 0 Å². The molecule has 1 amide bonds. The quantitative estimate of drug-likeness (QED) is 0.133. The van der Waals surface area contributed by atoms with Crippen LogP contribution in [0.2, 0.25) is 0 Å². The monoisotopic (exact) mass is 607 g/mol. The van der Waals surface area contributed by atoms with Crippen LogP contribution in [0.15, 0.2) is 125 Å². The third-order valence-corrected chi connectivity index (χ3v) is 8.53. The van der Waals surface area contributed by atoms with E-state index in [4.69, 9.17) is 4.74 Å². The highest BCUT2D eigenvalue weighted by atomic mass is 32.2. The molecule has 0 aliphatic rings. The Morgan fingerprint density at radius 2 is 1.14 bits per heavy atom. The van der Waals surface area contributed by atoms with Crippen LogP contribution in [-0.4, -0.2) is 40.8 Å². The van der Waals surface area contributed by atoms with Gasteiger partial charge in [-0.25, -0.2) is 21.6 Å². The molecule has 0 bridgehead atoms. The molecular formula is C29H25N3O8S2. The van der Waals surface area contributed by atoms with Crippen LogP contribution in [0, 0.1) is 0 Å². The summed E-state index contributed by atoms with van der Waals surface area (Å²) in [5, 5.41) is 2.23. The van der Waals surface area contributed by atoms with Gasteiger partial charge >= 0.3 is 11.9 Å². The number of hydrogen-bond acceptors (Lipinski definition) is 8. The van der Waals surface area contributed by atoms with Gasteiger partial charge in [0.2, 0.25) is 10.0 Å². The van der Waals surface area contributed by atoms with E-state index in [1.807, 2.05) is 0 Å². The number of amides is 1. The highest BCUT2D eigenvalue weighted by Gasteiger charge is 2.30. The van der Waals surface area contributed by atoms with Crippen LogP contribution in [0.1, 0.15) is 15.9 Å². The standard InChI is InChI=1S/C29H25N3O8S2/c33-26(20-21-10-4-1-5-11-21)40-29(35)27(32-42(38,39)25-14-8-3-9-15-25)30-28(34)22-16-18-23(19-17-22)31-41(36,37)24-12-6-2-7-13-24/h1-19,27,31-32H,20H2,(H,30,34). The number of sulfonamides is 2. The lowest BCUT2D eigenvalue weighted by Crippen LogP contribution is -2.53. The van der Waals surface area contributed by atoms with Crippen molar-refractivity contribution in [3.63, 3.8) is 0 Å². The minimum Gasteiger partial charge on any atom is -0.390 e. The Kier molecular flexibility index (Phi) is 9.47. The van der Waals surface area contributed by atoms with E-state index in [2.05, 4.69) is 14.8 Å². The lowest BCUT2D eigenvalue weighted by molar-refractivity contribution is -0.160. The summed E-state index contributed by atoms with van der Waals surface area (Å²) in [6.45, 7) is 0. The zero-order chi connectivity index (χ0) is 30.2. The van der Waals surface area contributed by atoms with Crippen molar-refractivity contribution in [2.75, 3.05) is 4.72 Å². The van der Waals surface area contributed by atoms with Gasteiger partial charge in [-0.3, -0.25) is 14.3 Å². The van der Waals surface area contributed by atoms with E-state index in [1.54, 1.807) is 54.6 Å². The van der Waals surface area contributed by atoms with Crippen molar-refractivity contribution in [1.29, 1.82) is 0 Å². The topological polar surface area (TPSA) is 165 Å². The summed E-state index contributed by atoms with van der Waals surface area (Å²) in [6.07, 6.45) is -2.24. The number of rotatable bonds is 11. The molecule has 0 saturated heterocycles. The number of carbonyl (C=O) groups excluding carboxylic acids is 3. The van der Waals surface area contributed by atoms with E-state index in [0.717, 1.165) is 0 Å². The fourth-order valence-electron chi connectivity index (χ4n) is 3.65. The second-order valence-corrected chi connectivity index (χ2v) is 12.2. The van der Waals surface area contributed by atoms with Crippen molar-refractivity contribution in [3.8, 4) is 0 Å². The predicted molar refractivity (Wildman–Crippen MR) is 153 cm³/mol. The van der Waals surface area contributed by atoms with Gasteiger partial charge in [-0.15, -0.1) is 0 Å². The van der Waals surface area contributed by atoms with Crippen LogP contribution in [0.4, 0.5) is 5.69 Å². The van der Waals surface area contributed by atoms with Gasteiger partial charge in [0.1, 0.15) is 0 Å². The van der Waals surface area contributed by atoms with Gasteiger partial charge in [-0.05, 0) is 54.1 Å². The Labute approximate surface area is 242 Å². The van der Waals surface area contributed by atoms with E-state index in [9.17, 15) is 31.2 Å². The minimum atomic E-state index is -4.33. The molecule has 3 N–H and O–H groups in total. The van der Waals surface area contributed by atoms with Crippen LogP contribution in [0.5, 0.6) is 0 Å². The summed E-state index contributed by atoms with van der Waals surface area (Å²) < 4.78 is 60.3. The van der Waals surface area contributed by atoms with Gasteiger partial charge in [0.15, 0.2) is 6.17 Å². The predicted octanol–water partition coefficient (Wildman–Crippen LogP) is 2.83. The van der Waals surface area contributed by atoms with Crippen LogP contribution in [-0.2, 0) is 40.8 Å². The molecule has 42 heavy (non-hydrogen) atoms. The van der Waals surface area contributed by atoms with Gasteiger partial charge in [-0.1, -0.05) is 66.7 Å². The van der Waals surface area contributed by atoms with Crippen molar-refractivity contribution in [2.45, 2.75) is 22.4 Å². The Bertz CT molecular complexity index is 1770. The van der Waals surface area contributed by atoms with Crippen LogP contribution >= 0.6 is 0 Å². The van der Waals surface area contributed by atoms with E-state index in [-0.39, 0.29) is 27.5 Å². The number of hydrogen-bond donors (Lipinski definition) is 3. The maximum atomic E-state index is 13.0. The fraction of sp³-hybridized carbons (Fsp3) is 0.0690. The summed E-state index contributed by atoms with van der Waals surface area (Å²) in [5.74, 6) is -3.21. The van der Waals surface area contributed by atoms with Gasteiger partial charge in [0.05, 0.1) is 16.2 Å². The molecule has 0 spiro atoms. The average Bonchev–Trinajstić information content (AvgIpc) is 2.98. The molecule has 4 rings (SSSR count). The summed E-state index contributed by atoms with van der Waals surface area (Å²) in [6, 6.07) is 28.4. The molecule has 4 aromatic rings. The third kappa shape index (κ3) is 8.10. The molecule has 0 aromatic heterocycles. The normalized spacial score (nSPS) is 12.1. The van der Waals surface area contributed by atoms with Crippen LogP contribution < -0.4 is 14.8 Å². The van der Waals surface area contributed by atoms with Crippen molar-refractivity contribution in [2.24, 2.45) is 0 Å². The maximum Gasteiger partial charge on any atom is 0.352 e. The summed E-state index contributed by atoms with van der Waals surface area (Å²) in [5.41, 5.74) is 0.677.